The van der Waals surface area contributed by atoms with E-state index < -0.39 is 21.7 Å². The first-order valence-electron chi connectivity index (χ1n) is 6.00. The van der Waals surface area contributed by atoms with Gasteiger partial charge in [0.05, 0.1) is 13.2 Å². The molecule has 1 N–H and O–H groups in total. The lowest BCUT2D eigenvalue weighted by atomic mass is 10.2. The number of ether oxygens (including phenoxy) is 1. The van der Waals surface area contributed by atoms with Crippen LogP contribution >= 0.6 is 0 Å². The van der Waals surface area contributed by atoms with Crippen LogP contribution in [-0.2, 0) is 19.6 Å². The highest BCUT2D eigenvalue weighted by molar-refractivity contribution is 7.89. The van der Waals surface area contributed by atoms with E-state index >= 15 is 0 Å². The summed E-state index contributed by atoms with van der Waals surface area (Å²) in [4.78, 5) is 12.7. The van der Waals surface area contributed by atoms with E-state index in [1.54, 1.807) is 0 Å². The van der Waals surface area contributed by atoms with Gasteiger partial charge in [0.15, 0.2) is 5.75 Å². The molecule has 8 heteroatoms. The Balaban J connectivity index is 1.93. The summed E-state index contributed by atoms with van der Waals surface area (Å²) in [6.45, 7) is 3.80. The molecular weight excluding hydrogens is 260 g/mol. The molecule has 0 saturated carbocycles. The van der Waals surface area contributed by atoms with E-state index in [1.165, 1.54) is 4.31 Å². The van der Waals surface area contributed by atoms with Crippen LogP contribution in [0.3, 0.4) is 0 Å². The lowest BCUT2D eigenvalue weighted by molar-refractivity contribution is -0.134. The number of carbonyl (C=O) groups is 1. The molecular formula is C10H18N2O5S. The van der Waals surface area contributed by atoms with Gasteiger partial charge in [-0.1, -0.05) is 0 Å². The van der Waals surface area contributed by atoms with Gasteiger partial charge in [0.25, 0.3) is 0 Å². The highest BCUT2D eigenvalue weighted by atomic mass is 32.2. The summed E-state index contributed by atoms with van der Waals surface area (Å²) in [6, 6.07) is 0.192. The number of rotatable bonds is 4. The maximum atomic E-state index is 11.8. The molecule has 7 nitrogen and oxygen atoms in total. The van der Waals surface area contributed by atoms with Crippen LogP contribution in [0.1, 0.15) is 6.42 Å². The van der Waals surface area contributed by atoms with Crippen LogP contribution < -0.4 is 0 Å². The quantitative estimate of drug-likeness (QED) is 0.695. The molecule has 18 heavy (non-hydrogen) atoms. The third-order valence-corrected chi connectivity index (χ3v) is 5.12. The number of hydrogen-bond donors (Lipinski definition) is 1. The smallest absolute Gasteiger partial charge is 0.320 e. The van der Waals surface area contributed by atoms with Crippen LogP contribution in [-0.4, -0.2) is 79.9 Å². The van der Waals surface area contributed by atoms with Crippen molar-refractivity contribution in [3.8, 4) is 0 Å². The molecule has 0 aromatic rings. The van der Waals surface area contributed by atoms with E-state index in [0.29, 0.717) is 26.3 Å². The summed E-state index contributed by atoms with van der Waals surface area (Å²) in [7, 11) is -3.65. The van der Waals surface area contributed by atoms with Crippen molar-refractivity contribution in [2.75, 3.05) is 45.1 Å². The average Bonchev–Trinajstić information content (AvgIpc) is 2.78. The molecule has 104 valence electrons. The fraction of sp³-hybridized carbons (Fsp3) is 0.900. The first-order chi connectivity index (χ1) is 8.49. The van der Waals surface area contributed by atoms with E-state index in [9.17, 15) is 13.2 Å². The Kier molecular flexibility index (Phi) is 4.21. The minimum atomic E-state index is -3.65. The molecule has 2 aliphatic heterocycles. The van der Waals surface area contributed by atoms with Gasteiger partial charge in [-0.05, 0) is 6.42 Å². The van der Waals surface area contributed by atoms with Gasteiger partial charge in [-0.2, -0.15) is 4.31 Å². The van der Waals surface area contributed by atoms with Crippen molar-refractivity contribution in [3.63, 3.8) is 0 Å². The predicted octanol–water partition coefficient (Wildman–Crippen LogP) is -1.19. The topological polar surface area (TPSA) is 87.1 Å². The van der Waals surface area contributed by atoms with E-state index in [0.717, 1.165) is 19.5 Å². The molecule has 0 radical (unpaired) electrons. The van der Waals surface area contributed by atoms with Crippen molar-refractivity contribution in [2.24, 2.45) is 0 Å². The number of sulfonamides is 1. The van der Waals surface area contributed by atoms with E-state index in [-0.39, 0.29) is 6.04 Å². The Morgan fingerprint density at radius 3 is 2.56 bits per heavy atom. The molecule has 1 atom stereocenters. The Bertz CT molecular complexity index is 404. The van der Waals surface area contributed by atoms with Gasteiger partial charge in [-0.3, -0.25) is 9.69 Å². The van der Waals surface area contributed by atoms with Gasteiger partial charge in [0, 0.05) is 32.2 Å². The normalized spacial score (nSPS) is 27.4. The highest BCUT2D eigenvalue weighted by Crippen LogP contribution is 2.19. The first kappa shape index (κ1) is 13.7. The van der Waals surface area contributed by atoms with Gasteiger partial charge in [0.2, 0.25) is 10.0 Å². The molecule has 0 amide bonds. The monoisotopic (exact) mass is 278 g/mol. The third kappa shape index (κ3) is 3.19. The van der Waals surface area contributed by atoms with Gasteiger partial charge in [0.1, 0.15) is 0 Å². The van der Waals surface area contributed by atoms with Crippen molar-refractivity contribution in [3.05, 3.63) is 0 Å². The summed E-state index contributed by atoms with van der Waals surface area (Å²) in [5.74, 6) is -2.12. The fourth-order valence-electron chi connectivity index (χ4n) is 2.45. The van der Waals surface area contributed by atoms with Crippen LogP contribution in [0, 0.1) is 0 Å². The zero-order valence-electron chi connectivity index (χ0n) is 10.1. The average molecular weight is 278 g/mol. The molecule has 2 heterocycles. The third-order valence-electron chi connectivity index (χ3n) is 3.39. The number of aliphatic carboxylic acids is 1. The SMILES string of the molecule is O=C(O)CS(=O)(=O)N1CCC(N2CCOCC2)C1. The standard InChI is InChI=1S/C10H18N2O5S/c13-10(14)8-18(15,16)12-2-1-9(7-12)11-3-5-17-6-4-11/h9H,1-8H2,(H,13,14). The van der Waals surface area contributed by atoms with Crippen LogP contribution in [0.2, 0.25) is 0 Å². The summed E-state index contributed by atoms with van der Waals surface area (Å²) in [5.41, 5.74) is 0. The Morgan fingerprint density at radius 1 is 1.28 bits per heavy atom. The van der Waals surface area contributed by atoms with Crippen LogP contribution in [0.15, 0.2) is 0 Å². The number of carboxylic acids is 1. The zero-order chi connectivity index (χ0) is 13.2. The van der Waals surface area contributed by atoms with Gasteiger partial charge in [-0.25, -0.2) is 8.42 Å². The molecule has 0 spiro atoms. The molecule has 0 aromatic heterocycles. The van der Waals surface area contributed by atoms with Crippen molar-refractivity contribution in [1.82, 2.24) is 9.21 Å². The minimum Gasteiger partial charge on any atom is -0.480 e. The van der Waals surface area contributed by atoms with Crippen molar-refractivity contribution in [1.29, 1.82) is 0 Å². The molecule has 2 saturated heterocycles. The molecule has 1 unspecified atom stereocenters. The molecule has 2 aliphatic rings. The predicted molar refractivity (Wildman–Crippen MR) is 63.8 cm³/mol. The number of hydrogen-bond acceptors (Lipinski definition) is 5. The van der Waals surface area contributed by atoms with Crippen molar-refractivity contribution < 1.29 is 23.1 Å². The van der Waals surface area contributed by atoms with Crippen LogP contribution in [0.5, 0.6) is 0 Å². The summed E-state index contributed by atoms with van der Waals surface area (Å²) in [5, 5.41) is 8.59. The van der Waals surface area contributed by atoms with Crippen molar-refractivity contribution in [2.45, 2.75) is 12.5 Å². The Morgan fingerprint density at radius 2 is 1.94 bits per heavy atom. The maximum Gasteiger partial charge on any atom is 0.320 e. The maximum absolute atomic E-state index is 11.8. The second-order valence-corrected chi connectivity index (χ2v) is 6.57. The summed E-state index contributed by atoms with van der Waals surface area (Å²) in [6.07, 6.45) is 0.763. The second-order valence-electron chi connectivity index (χ2n) is 4.60. The van der Waals surface area contributed by atoms with E-state index in [2.05, 4.69) is 4.90 Å². The molecule has 2 rings (SSSR count). The van der Waals surface area contributed by atoms with Crippen LogP contribution in [0.4, 0.5) is 0 Å². The van der Waals surface area contributed by atoms with Gasteiger partial charge >= 0.3 is 5.97 Å². The molecule has 0 aliphatic carbocycles. The van der Waals surface area contributed by atoms with Gasteiger partial charge < -0.3 is 9.84 Å². The van der Waals surface area contributed by atoms with Crippen LogP contribution in [0.25, 0.3) is 0 Å². The molecule has 0 bridgehead atoms. The minimum absolute atomic E-state index is 0.192. The lowest BCUT2D eigenvalue weighted by Gasteiger charge is -2.31. The molecule has 0 aromatic carbocycles. The van der Waals surface area contributed by atoms with E-state index in [1.807, 2.05) is 0 Å². The fourth-order valence-corrected chi connectivity index (χ4v) is 3.73. The first-order valence-corrected chi connectivity index (χ1v) is 7.61. The van der Waals surface area contributed by atoms with Gasteiger partial charge in [-0.15, -0.1) is 0 Å². The second kappa shape index (κ2) is 5.52. The Labute approximate surface area is 106 Å². The summed E-state index contributed by atoms with van der Waals surface area (Å²) < 4.78 is 30.1. The largest absolute Gasteiger partial charge is 0.480 e. The number of nitrogens with zero attached hydrogens (tertiary/aromatic N) is 2. The highest BCUT2D eigenvalue weighted by Gasteiger charge is 2.35. The molecule has 2 fully saturated rings. The van der Waals surface area contributed by atoms with E-state index in [4.69, 9.17) is 9.84 Å². The zero-order valence-corrected chi connectivity index (χ0v) is 10.9. The lowest BCUT2D eigenvalue weighted by Crippen LogP contribution is -2.45. The summed E-state index contributed by atoms with van der Waals surface area (Å²) >= 11 is 0. The Hall–Kier alpha value is -0.700. The number of morpholine rings is 1. The van der Waals surface area contributed by atoms with Crippen molar-refractivity contribution >= 4 is 16.0 Å². The number of carboxylic acid groups (broad SMARTS) is 1.